The van der Waals surface area contributed by atoms with Gasteiger partial charge in [-0.05, 0) is 24.1 Å². The molecule has 1 atom stereocenters. The molecule has 7 nitrogen and oxygen atoms in total. The van der Waals surface area contributed by atoms with Gasteiger partial charge in [0.25, 0.3) is 0 Å². The number of fused-ring (bicyclic) bond motifs is 1. The van der Waals surface area contributed by atoms with Crippen molar-refractivity contribution in [2.24, 2.45) is 0 Å². The Kier molecular flexibility index (Phi) is 5.70. The van der Waals surface area contributed by atoms with Crippen LogP contribution in [0.15, 0.2) is 77.6 Å². The SMILES string of the molecule is O=C(C(Cc1ccccc1)c1cnc[nH]1)N1CCc2nc(COc3ccccc3)oc2C1. The van der Waals surface area contributed by atoms with Gasteiger partial charge in [-0.1, -0.05) is 48.5 Å². The van der Waals surface area contributed by atoms with Crippen LogP contribution in [0.1, 0.15) is 34.5 Å². The summed E-state index contributed by atoms with van der Waals surface area (Å²) >= 11 is 0. The molecule has 4 aromatic rings. The number of amides is 1. The lowest BCUT2D eigenvalue weighted by molar-refractivity contribution is -0.134. The number of ether oxygens (including phenoxy) is 1. The molecular weight excluding hydrogens is 404 g/mol. The number of para-hydroxylation sites is 1. The monoisotopic (exact) mass is 428 g/mol. The second-order valence-electron chi connectivity index (χ2n) is 7.84. The average molecular weight is 428 g/mol. The Morgan fingerprint density at radius 3 is 2.66 bits per heavy atom. The number of nitrogens with zero attached hydrogens (tertiary/aromatic N) is 3. The summed E-state index contributed by atoms with van der Waals surface area (Å²) in [7, 11) is 0. The van der Waals surface area contributed by atoms with Gasteiger partial charge in [-0.15, -0.1) is 0 Å². The van der Waals surface area contributed by atoms with Crippen molar-refractivity contribution in [1.82, 2.24) is 19.9 Å². The predicted molar refractivity (Wildman–Crippen MR) is 118 cm³/mol. The average Bonchev–Trinajstić information content (AvgIpc) is 3.51. The lowest BCUT2D eigenvalue weighted by Gasteiger charge is -2.29. The number of nitrogens with one attached hydrogen (secondary N) is 1. The highest BCUT2D eigenvalue weighted by molar-refractivity contribution is 5.83. The number of hydrogen-bond donors (Lipinski definition) is 1. The molecule has 2 aromatic carbocycles. The van der Waals surface area contributed by atoms with Crippen LogP contribution in [-0.2, 0) is 30.8 Å². The number of aromatic amines is 1. The van der Waals surface area contributed by atoms with Gasteiger partial charge in [0.15, 0.2) is 6.61 Å². The number of aromatic nitrogens is 3. The van der Waals surface area contributed by atoms with Gasteiger partial charge in [0, 0.05) is 24.9 Å². The standard InChI is InChI=1S/C25H24N4O3/c30-25(20(22-14-26-17-27-22)13-18-7-3-1-4-8-18)29-12-11-21-23(15-29)32-24(28-21)16-31-19-9-5-2-6-10-19/h1-10,14,17,20H,11-13,15-16H2,(H,26,27). The summed E-state index contributed by atoms with van der Waals surface area (Å²) in [4.78, 5) is 27.2. The summed E-state index contributed by atoms with van der Waals surface area (Å²) < 4.78 is 11.7. The van der Waals surface area contributed by atoms with Crippen molar-refractivity contribution in [2.75, 3.05) is 6.54 Å². The van der Waals surface area contributed by atoms with Gasteiger partial charge in [0.05, 0.1) is 24.5 Å². The Morgan fingerprint density at radius 2 is 1.91 bits per heavy atom. The molecule has 32 heavy (non-hydrogen) atoms. The van der Waals surface area contributed by atoms with Gasteiger partial charge in [-0.3, -0.25) is 4.79 Å². The molecule has 0 fully saturated rings. The van der Waals surface area contributed by atoms with Crippen LogP contribution in [0.4, 0.5) is 0 Å². The highest BCUT2D eigenvalue weighted by atomic mass is 16.5. The topological polar surface area (TPSA) is 84.2 Å². The third-order valence-corrected chi connectivity index (χ3v) is 5.67. The van der Waals surface area contributed by atoms with Crippen molar-refractivity contribution in [3.8, 4) is 5.75 Å². The second kappa shape index (κ2) is 9.09. The van der Waals surface area contributed by atoms with Crippen LogP contribution in [0.5, 0.6) is 5.75 Å². The van der Waals surface area contributed by atoms with Gasteiger partial charge in [-0.2, -0.15) is 0 Å². The number of carbonyl (C=O) groups is 1. The van der Waals surface area contributed by atoms with Crippen molar-refractivity contribution in [1.29, 1.82) is 0 Å². The number of oxazole rings is 1. The van der Waals surface area contributed by atoms with Crippen LogP contribution < -0.4 is 4.74 Å². The van der Waals surface area contributed by atoms with Crippen molar-refractivity contribution in [3.05, 3.63) is 102 Å². The van der Waals surface area contributed by atoms with E-state index in [0.29, 0.717) is 31.8 Å². The fourth-order valence-electron chi connectivity index (χ4n) is 4.02. The molecule has 1 unspecified atom stereocenters. The molecule has 0 aliphatic carbocycles. The van der Waals surface area contributed by atoms with Crippen LogP contribution in [-0.4, -0.2) is 32.3 Å². The van der Waals surface area contributed by atoms with E-state index in [4.69, 9.17) is 9.15 Å². The molecule has 1 aliphatic heterocycles. The van der Waals surface area contributed by atoms with Gasteiger partial charge < -0.3 is 19.0 Å². The van der Waals surface area contributed by atoms with E-state index in [1.807, 2.05) is 65.6 Å². The van der Waals surface area contributed by atoms with Gasteiger partial charge in [-0.25, -0.2) is 9.97 Å². The Hall–Kier alpha value is -3.87. The summed E-state index contributed by atoms with van der Waals surface area (Å²) in [6.07, 6.45) is 4.62. The highest BCUT2D eigenvalue weighted by Gasteiger charge is 2.31. The Morgan fingerprint density at radius 1 is 1.12 bits per heavy atom. The first-order valence-electron chi connectivity index (χ1n) is 10.7. The molecule has 1 N–H and O–H groups in total. The van der Waals surface area contributed by atoms with E-state index in [2.05, 4.69) is 15.0 Å². The number of carbonyl (C=O) groups excluding carboxylic acids is 1. The van der Waals surface area contributed by atoms with Crippen LogP contribution in [0.25, 0.3) is 0 Å². The van der Waals surface area contributed by atoms with Gasteiger partial charge in [0.2, 0.25) is 11.8 Å². The fourth-order valence-corrected chi connectivity index (χ4v) is 4.02. The normalized spacial score (nSPS) is 14.1. The first kappa shape index (κ1) is 20.1. The maximum atomic E-state index is 13.5. The molecular formula is C25H24N4O3. The van der Waals surface area contributed by atoms with E-state index >= 15 is 0 Å². The first-order chi connectivity index (χ1) is 15.8. The largest absolute Gasteiger partial charge is 0.484 e. The number of rotatable bonds is 7. The van der Waals surface area contributed by atoms with Crippen molar-refractivity contribution >= 4 is 5.91 Å². The minimum Gasteiger partial charge on any atom is -0.484 e. The number of imidazole rings is 1. The van der Waals surface area contributed by atoms with Gasteiger partial charge >= 0.3 is 0 Å². The maximum Gasteiger partial charge on any atom is 0.232 e. The second-order valence-corrected chi connectivity index (χ2v) is 7.84. The molecule has 5 rings (SSSR count). The molecule has 7 heteroatoms. The minimum absolute atomic E-state index is 0.0576. The lowest BCUT2D eigenvalue weighted by Crippen LogP contribution is -2.39. The third-order valence-electron chi connectivity index (χ3n) is 5.67. The van der Waals surface area contributed by atoms with Crippen LogP contribution in [0.2, 0.25) is 0 Å². The highest BCUT2D eigenvalue weighted by Crippen LogP contribution is 2.27. The molecule has 1 aliphatic rings. The summed E-state index contributed by atoms with van der Waals surface area (Å²) in [6.45, 7) is 1.28. The molecule has 0 bridgehead atoms. The number of H-pyrrole nitrogens is 1. The van der Waals surface area contributed by atoms with Crippen LogP contribution in [0, 0.1) is 0 Å². The van der Waals surface area contributed by atoms with Crippen molar-refractivity contribution in [3.63, 3.8) is 0 Å². The molecule has 1 amide bonds. The van der Waals surface area contributed by atoms with E-state index in [9.17, 15) is 4.79 Å². The summed E-state index contributed by atoms with van der Waals surface area (Å²) in [6, 6.07) is 19.6. The van der Waals surface area contributed by atoms with Crippen molar-refractivity contribution < 1.29 is 13.9 Å². The fraction of sp³-hybridized carbons (Fsp3) is 0.240. The van der Waals surface area contributed by atoms with E-state index in [0.717, 1.165) is 28.5 Å². The van der Waals surface area contributed by atoms with Crippen molar-refractivity contribution in [2.45, 2.75) is 31.9 Å². The van der Waals surface area contributed by atoms with Crippen LogP contribution in [0.3, 0.4) is 0 Å². The Bertz CT molecular complexity index is 1160. The molecule has 0 radical (unpaired) electrons. The molecule has 0 spiro atoms. The van der Waals surface area contributed by atoms with E-state index in [-0.39, 0.29) is 18.4 Å². The van der Waals surface area contributed by atoms with E-state index < -0.39 is 0 Å². The summed E-state index contributed by atoms with van der Waals surface area (Å²) in [5, 5.41) is 0. The Labute approximate surface area is 186 Å². The van der Waals surface area contributed by atoms with Crippen LogP contribution >= 0.6 is 0 Å². The lowest BCUT2D eigenvalue weighted by atomic mass is 9.94. The number of hydrogen-bond acceptors (Lipinski definition) is 5. The molecule has 2 aromatic heterocycles. The summed E-state index contributed by atoms with van der Waals surface area (Å²) in [5.41, 5.74) is 2.83. The quantitative estimate of drug-likeness (QED) is 0.483. The molecule has 0 saturated heterocycles. The van der Waals surface area contributed by atoms with E-state index in [1.165, 1.54) is 0 Å². The zero-order valence-corrected chi connectivity index (χ0v) is 17.6. The van der Waals surface area contributed by atoms with Gasteiger partial charge in [0.1, 0.15) is 11.5 Å². The Balaban J connectivity index is 1.29. The zero-order valence-electron chi connectivity index (χ0n) is 17.6. The molecule has 0 saturated carbocycles. The maximum absolute atomic E-state index is 13.5. The molecule has 162 valence electrons. The number of benzene rings is 2. The zero-order chi connectivity index (χ0) is 21.8. The summed E-state index contributed by atoms with van der Waals surface area (Å²) in [5.74, 6) is 1.76. The molecule has 3 heterocycles. The minimum atomic E-state index is -0.328. The van der Waals surface area contributed by atoms with E-state index in [1.54, 1.807) is 12.5 Å². The first-order valence-corrected chi connectivity index (χ1v) is 10.7. The predicted octanol–water partition coefficient (Wildman–Crippen LogP) is 3.89. The smallest absolute Gasteiger partial charge is 0.232 e. The third kappa shape index (κ3) is 4.42.